The van der Waals surface area contributed by atoms with Gasteiger partial charge in [0.25, 0.3) is 5.91 Å². The number of carboxylic acid groups (broad SMARTS) is 1. The monoisotopic (exact) mass is 595 g/mol. The molecule has 2 rings (SSSR count). The summed E-state index contributed by atoms with van der Waals surface area (Å²) in [5.74, 6) is -0.977. The minimum absolute atomic E-state index is 0.0805. The van der Waals surface area contributed by atoms with Crippen LogP contribution in [0.4, 0.5) is 13.2 Å². The Morgan fingerprint density at radius 1 is 1.07 bits per heavy atom. The van der Waals surface area contributed by atoms with Crippen LogP contribution in [0.1, 0.15) is 82.9 Å². The third-order valence-corrected chi connectivity index (χ3v) is 6.69. The zero-order valence-electron chi connectivity index (χ0n) is 25.0. The Kier molecular flexibility index (Phi) is 17.4. The molecule has 228 valence electrons. The predicted octanol–water partition coefficient (Wildman–Crippen LogP) is 8.91. The number of halogens is 3. The summed E-state index contributed by atoms with van der Waals surface area (Å²) in [6.45, 7) is 16.9. The molecule has 0 aliphatic carbocycles. The standard InChI is InChI=1S/C23H26F3N3O3S.C6H14.C2H4/c1-5-7-16(23(24,25)26)8-6-13-27-20(30)18-14(2)28-19(29-18)15-9-11-17(12-10-15)33-22(3,4)21(31)32;1-3-5-6-4-2;1-2/h6-12H,5,13H2,1-4H3,(H,27,30)(H,28,29)(H,31,32);3-6H2,1-2H3;1-2H2/b8-6-,16-7+;;. The normalized spacial score (nSPS) is 11.8. The molecule has 1 aromatic heterocycles. The molecule has 0 unspecified atom stereocenters. The number of nitrogens with one attached hydrogen (secondary N) is 2. The molecule has 6 nitrogen and oxygen atoms in total. The number of aromatic nitrogens is 2. The van der Waals surface area contributed by atoms with Crippen molar-refractivity contribution < 1.29 is 27.9 Å². The number of unbranched alkanes of at least 4 members (excludes halogenated alkanes) is 3. The smallest absolute Gasteiger partial charge is 0.416 e. The number of carbonyl (C=O) groups excluding carboxylic acids is 1. The van der Waals surface area contributed by atoms with Crippen molar-refractivity contribution in [2.24, 2.45) is 0 Å². The topological polar surface area (TPSA) is 95.1 Å². The molecule has 2 aromatic rings. The molecule has 0 bridgehead atoms. The van der Waals surface area contributed by atoms with Crippen LogP contribution < -0.4 is 5.32 Å². The van der Waals surface area contributed by atoms with Crippen molar-refractivity contribution >= 4 is 23.6 Å². The maximum Gasteiger partial charge on any atom is 0.416 e. The zero-order valence-corrected chi connectivity index (χ0v) is 25.8. The number of carboxylic acids is 1. The van der Waals surface area contributed by atoms with E-state index in [1.807, 2.05) is 0 Å². The van der Waals surface area contributed by atoms with Crippen LogP contribution in [0.5, 0.6) is 0 Å². The molecule has 3 N–H and O–H groups in total. The molecule has 0 aliphatic heterocycles. The van der Waals surface area contributed by atoms with E-state index in [2.05, 4.69) is 42.3 Å². The Bertz CT molecular complexity index is 1130. The lowest BCUT2D eigenvalue weighted by Gasteiger charge is -2.18. The summed E-state index contributed by atoms with van der Waals surface area (Å²) in [6.07, 6.45) is 4.60. The summed E-state index contributed by atoms with van der Waals surface area (Å²) >= 11 is 1.21. The molecular weight excluding hydrogens is 551 g/mol. The first kappa shape index (κ1) is 37.7. The summed E-state index contributed by atoms with van der Waals surface area (Å²) in [5.41, 5.74) is 0.600. The molecule has 1 heterocycles. The maximum absolute atomic E-state index is 12.9. The highest BCUT2D eigenvalue weighted by molar-refractivity contribution is 8.01. The van der Waals surface area contributed by atoms with Crippen LogP contribution in [0.2, 0.25) is 0 Å². The number of alkyl halides is 3. The van der Waals surface area contributed by atoms with Gasteiger partial charge in [-0.05, 0) is 39.3 Å². The molecule has 0 atom stereocenters. The van der Waals surface area contributed by atoms with Gasteiger partial charge in [0.15, 0.2) is 0 Å². The number of benzene rings is 1. The Labute approximate surface area is 246 Å². The SMILES string of the molecule is C=C.CC/C=C(\C=C/CNC(=O)c1nc(-c2ccc(SC(C)(C)C(=O)O)cc2)[nH]c1C)C(F)(F)F.CCCCCC. The first-order valence-corrected chi connectivity index (χ1v) is 14.4. The van der Waals surface area contributed by atoms with E-state index in [0.717, 1.165) is 17.0 Å². The lowest BCUT2D eigenvalue weighted by atomic mass is 10.2. The quantitative estimate of drug-likeness (QED) is 0.0986. The van der Waals surface area contributed by atoms with Gasteiger partial charge in [-0.15, -0.1) is 24.9 Å². The number of thioether (sulfide) groups is 1. The van der Waals surface area contributed by atoms with Crippen LogP contribution in [0.25, 0.3) is 11.4 Å². The van der Waals surface area contributed by atoms with Crippen molar-refractivity contribution in [2.45, 2.75) is 89.5 Å². The lowest BCUT2D eigenvalue weighted by molar-refractivity contribution is -0.138. The molecule has 0 saturated heterocycles. The fraction of sp³-hybridized carbons (Fsp3) is 0.452. The van der Waals surface area contributed by atoms with E-state index in [-0.39, 0.29) is 18.7 Å². The van der Waals surface area contributed by atoms with E-state index in [1.165, 1.54) is 43.5 Å². The molecule has 10 heteroatoms. The van der Waals surface area contributed by atoms with Crippen molar-refractivity contribution in [1.29, 1.82) is 0 Å². The number of imidazole rings is 1. The second-order valence-corrected chi connectivity index (χ2v) is 11.1. The van der Waals surface area contributed by atoms with E-state index in [4.69, 9.17) is 0 Å². The average molecular weight is 596 g/mol. The minimum Gasteiger partial charge on any atom is -0.480 e. The van der Waals surface area contributed by atoms with Crippen molar-refractivity contribution in [3.05, 3.63) is 72.6 Å². The molecular formula is C31H44F3N3O3S. The van der Waals surface area contributed by atoms with E-state index in [0.29, 0.717) is 17.1 Å². The number of hydrogen-bond donors (Lipinski definition) is 3. The van der Waals surface area contributed by atoms with Gasteiger partial charge >= 0.3 is 12.1 Å². The summed E-state index contributed by atoms with van der Waals surface area (Å²) in [7, 11) is 0. The van der Waals surface area contributed by atoms with Crippen LogP contribution in [-0.2, 0) is 4.79 Å². The molecule has 0 saturated carbocycles. The van der Waals surface area contributed by atoms with Gasteiger partial charge in [0.2, 0.25) is 0 Å². The number of allylic oxidation sites excluding steroid dienone is 3. The molecule has 1 aromatic carbocycles. The van der Waals surface area contributed by atoms with Crippen LogP contribution in [-0.4, -0.2) is 44.4 Å². The van der Waals surface area contributed by atoms with Gasteiger partial charge in [-0.2, -0.15) is 13.2 Å². The van der Waals surface area contributed by atoms with Crippen molar-refractivity contribution in [1.82, 2.24) is 15.3 Å². The van der Waals surface area contributed by atoms with Crippen LogP contribution >= 0.6 is 11.8 Å². The molecule has 0 radical (unpaired) electrons. The largest absolute Gasteiger partial charge is 0.480 e. The minimum atomic E-state index is -4.44. The summed E-state index contributed by atoms with van der Waals surface area (Å²) in [6, 6.07) is 7.08. The van der Waals surface area contributed by atoms with Crippen LogP contribution in [0.15, 0.2) is 66.1 Å². The average Bonchev–Trinajstić information content (AvgIpc) is 3.31. The van der Waals surface area contributed by atoms with E-state index in [9.17, 15) is 27.9 Å². The predicted molar refractivity (Wildman–Crippen MR) is 163 cm³/mol. The number of carbonyl (C=O) groups is 2. The number of rotatable bonds is 12. The second kappa shape index (κ2) is 19.0. The molecule has 41 heavy (non-hydrogen) atoms. The van der Waals surface area contributed by atoms with E-state index >= 15 is 0 Å². The van der Waals surface area contributed by atoms with Gasteiger partial charge in [0, 0.05) is 22.7 Å². The first-order chi connectivity index (χ1) is 19.3. The lowest BCUT2D eigenvalue weighted by Crippen LogP contribution is -2.26. The fourth-order valence-electron chi connectivity index (χ4n) is 3.26. The zero-order chi connectivity index (χ0) is 31.6. The number of aliphatic carboxylic acids is 1. The highest BCUT2D eigenvalue weighted by Crippen LogP contribution is 2.33. The number of amides is 1. The third-order valence-electron chi connectivity index (χ3n) is 5.50. The number of nitrogens with zero attached hydrogens (tertiary/aromatic N) is 1. The van der Waals surface area contributed by atoms with Gasteiger partial charge in [-0.3, -0.25) is 9.59 Å². The van der Waals surface area contributed by atoms with Crippen molar-refractivity contribution in [3.63, 3.8) is 0 Å². The third kappa shape index (κ3) is 13.8. The first-order valence-electron chi connectivity index (χ1n) is 13.6. The number of aryl methyl sites for hydroxylation is 1. The summed E-state index contributed by atoms with van der Waals surface area (Å²) in [5, 5.41) is 11.8. The Hall–Kier alpha value is -3.27. The van der Waals surface area contributed by atoms with Gasteiger partial charge in [-0.25, -0.2) is 4.98 Å². The molecule has 1 amide bonds. The van der Waals surface area contributed by atoms with Crippen molar-refractivity contribution in [3.8, 4) is 11.4 Å². The molecule has 0 fully saturated rings. The summed E-state index contributed by atoms with van der Waals surface area (Å²) in [4.78, 5) is 31.8. The van der Waals surface area contributed by atoms with Gasteiger partial charge in [0.1, 0.15) is 16.3 Å². The number of hydrogen-bond acceptors (Lipinski definition) is 4. The molecule has 0 aliphatic rings. The van der Waals surface area contributed by atoms with E-state index in [1.54, 1.807) is 52.0 Å². The highest BCUT2D eigenvalue weighted by atomic mass is 32.2. The fourth-order valence-corrected chi connectivity index (χ4v) is 4.21. The Morgan fingerprint density at radius 2 is 1.63 bits per heavy atom. The van der Waals surface area contributed by atoms with Crippen molar-refractivity contribution in [2.75, 3.05) is 6.54 Å². The van der Waals surface area contributed by atoms with Gasteiger partial charge < -0.3 is 15.4 Å². The number of aromatic amines is 1. The maximum atomic E-state index is 12.9. The van der Waals surface area contributed by atoms with E-state index < -0.39 is 28.4 Å². The Morgan fingerprint density at radius 3 is 2.10 bits per heavy atom. The summed E-state index contributed by atoms with van der Waals surface area (Å²) < 4.78 is 37.6. The Balaban J connectivity index is 0.00000177. The second-order valence-electron chi connectivity index (χ2n) is 9.39. The van der Waals surface area contributed by atoms with Crippen LogP contribution in [0.3, 0.4) is 0 Å². The van der Waals surface area contributed by atoms with Crippen LogP contribution in [0, 0.1) is 6.92 Å². The van der Waals surface area contributed by atoms with Gasteiger partial charge in [0.05, 0.1) is 5.57 Å². The molecule has 0 spiro atoms. The van der Waals surface area contributed by atoms with Gasteiger partial charge in [-0.1, -0.05) is 76.8 Å². The number of H-pyrrole nitrogens is 1. The highest BCUT2D eigenvalue weighted by Gasteiger charge is 2.31.